The first-order valence-electron chi connectivity index (χ1n) is 16.5. The maximum atomic E-state index is 2.82. The quantitative estimate of drug-likeness (QED) is 0.160. The molecule has 0 unspecified atom stereocenters. The zero-order valence-corrected chi connectivity index (χ0v) is 29.2. The molecule has 0 radical (unpaired) electrons. The van der Waals surface area contributed by atoms with E-state index in [4.69, 9.17) is 0 Å². The summed E-state index contributed by atoms with van der Waals surface area (Å²) in [7, 11) is 0. The Morgan fingerprint density at radius 1 is 0.378 bits per heavy atom. The van der Waals surface area contributed by atoms with Crippen molar-refractivity contribution >= 4 is 18.4 Å². The van der Waals surface area contributed by atoms with Gasteiger partial charge in [-0.25, -0.2) is 0 Å². The van der Waals surface area contributed by atoms with Crippen molar-refractivity contribution in [1.82, 2.24) is 0 Å². The third kappa shape index (κ3) is 2.81. The number of rotatable bonds is 2. The van der Waals surface area contributed by atoms with Gasteiger partial charge in [-0.3, -0.25) is 0 Å². The summed E-state index contributed by atoms with van der Waals surface area (Å²) in [6.07, 6.45) is 0. The molecule has 45 heavy (non-hydrogen) atoms. The van der Waals surface area contributed by atoms with E-state index in [1.54, 1.807) is 33.4 Å². The molecule has 6 aliphatic carbocycles. The number of hydrogen-bond donors (Lipinski definition) is 0. The molecule has 0 heterocycles. The van der Waals surface area contributed by atoms with Crippen LogP contribution in [0.15, 0.2) is 133 Å². The molecule has 0 fully saturated rings. The van der Waals surface area contributed by atoms with Crippen molar-refractivity contribution in [3.05, 3.63) is 211 Å². The first-order chi connectivity index (χ1) is 21.9. The Hall–Kier alpha value is -3.88. The van der Waals surface area contributed by atoms with Crippen LogP contribution in [-0.2, 0) is 6.86 Å². The zero-order valence-electron chi connectivity index (χ0n) is 26.4. The second-order valence-corrected chi connectivity index (χ2v) is 28.1. The third-order valence-corrected chi connectivity index (χ3v) is 27.7. The molecule has 6 aromatic rings. The summed E-state index contributed by atoms with van der Waals surface area (Å²) in [5, 5.41) is 0. The monoisotopic (exact) mass is 684 g/mol. The van der Waals surface area contributed by atoms with Crippen molar-refractivity contribution in [3.8, 4) is 0 Å². The van der Waals surface area contributed by atoms with Crippen molar-refractivity contribution in [1.29, 1.82) is 0 Å². The van der Waals surface area contributed by atoms with Crippen LogP contribution >= 0.6 is 0 Å². The normalized spacial score (nSPS) is 24.2. The van der Waals surface area contributed by atoms with Gasteiger partial charge >= 0.3 is 272 Å². The van der Waals surface area contributed by atoms with Gasteiger partial charge in [0, 0.05) is 0 Å². The molecule has 0 aromatic heterocycles. The van der Waals surface area contributed by atoms with E-state index >= 15 is 0 Å². The van der Waals surface area contributed by atoms with E-state index < -0.39 is 18.4 Å². The van der Waals surface area contributed by atoms with Gasteiger partial charge in [0.2, 0.25) is 0 Å². The predicted molar refractivity (Wildman–Crippen MR) is 187 cm³/mol. The molecule has 6 aromatic carbocycles. The molecule has 0 nitrogen and oxygen atoms in total. The number of hydrogen-bond acceptors (Lipinski definition) is 0. The van der Waals surface area contributed by atoms with Gasteiger partial charge in [-0.15, -0.1) is 0 Å². The van der Waals surface area contributed by atoms with Crippen molar-refractivity contribution in [2.24, 2.45) is 0 Å². The molecule has 0 N–H and O–H groups in total. The zero-order chi connectivity index (χ0) is 30.3. The fourth-order valence-corrected chi connectivity index (χ4v) is 28.0. The summed E-state index contributed by atoms with van der Waals surface area (Å²) in [5.74, 6) is 0.566. The Morgan fingerprint density at radius 3 is 1.00 bits per heavy atom. The van der Waals surface area contributed by atoms with Gasteiger partial charge in [0.25, 0.3) is 0 Å². The van der Waals surface area contributed by atoms with E-state index in [2.05, 4.69) is 157 Å². The van der Waals surface area contributed by atoms with Crippen LogP contribution < -0.4 is 0 Å². The first kappa shape index (κ1) is 26.3. The van der Waals surface area contributed by atoms with E-state index in [9.17, 15) is 0 Å². The summed E-state index contributed by atoms with van der Waals surface area (Å²) in [5.41, 5.74) is 21.3. The Balaban J connectivity index is 1.46. The van der Waals surface area contributed by atoms with Crippen LogP contribution in [-0.4, -0.2) is 18.4 Å². The van der Waals surface area contributed by atoms with E-state index in [-0.39, 0.29) is 18.7 Å². The minimum absolute atomic E-state index is 0.191. The number of aryl methyl sites for hydroxylation is 2. The summed E-state index contributed by atoms with van der Waals surface area (Å²) in [6.45, 7) is 4.59. The van der Waals surface area contributed by atoms with Crippen molar-refractivity contribution < 1.29 is 0 Å². The van der Waals surface area contributed by atoms with Gasteiger partial charge in [-0.05, 0) is 0 Å². The van der Waals surface area contributed by atoms with Gasteiger partial charge in [0.15, 0.2) is 0 Å². The summed E-state index contributed by atoms with van der Waals surface area (Å²) in [4.78, 5) is 5.65. The summed E-state index contributed by atoms with van der Waals surface area (Å²) in [6, 6.07) is 53.1. The Labute approximate surface area is 270 Å². The van der Waals surface area contributed by atoms with Crippen LogP contribution in [0.3, 0.4) is 0 Å². The Bertz CT molecular complexity index is 2000. The second-order valence-electron chi connectivity index (χ2n) is 14.5. The van der Waals surface area contributed by atoms with Crippen LogP contribution in [0.2, 0.25) is 9.88 Å². The molecule has 6 aliphatic rings. The molecular weight excluding hydrogens is 647 g/mol. The fourth-order valence-electron chi connectivity index (χ4n) is 11.0. The predicted octanol–water partition coefficient (Wildman–Crippen LogP) is 10.1. The average Bonchev–Trinajstić information content (AvgIpc) is 3.07. The van der Waals surface area contributed by atoms with Crippen molar-refractivity contribution in [2.75, 3.05) is 0 Å². The fraction of sp³-hybridized carbons (Fsp3) is 0.182. The van der Waals surface area contributed by atoms with Gasteiger partial charge in [-0.1, -0.05) is 0 Å². The second kappa shape index (κ2) is 8.68. The molecule has 0 amide bonds. The number of benzene rings is 6. The molecule has 12 rings (SSSR count). The summed E-state index contributed by atoms with van der Waals surface area (Å²) < 4.78 is -0.382. The van der Waals surface area contributed by atoms with E-state index in [0.717, 1.165) is 0 Å². The third-order valence-electron chi connectivity index (χ3n) is 12.4. The van der Waals surface area contributed by atoms with Crippen molar-refractivity contribution in [2.45, 2.75) is 42.4 Å². The SMILES string of the molecule is Cc1ccc2c(c1)[C]1([Sn]([CH3])([CH3])[C]34c5ccccc5C(c5ccccc53)c3ccc(C)cc34)c3ccccc3C2c2ccccc21. The van der Waals surface area contributed by atoms with Gasteiger partial charge in [0.1, 0.15) is 0 Å². The molecule has 4 bridgehead atoms. The van der Waals surface area contributed by atoms with Crippen LogP contribution in [0.25, 0.3) is 0 Å². The van der Waals surface area contributed by atoms with Gasteiger partial charge < -0.3 is 0 Å². The molecule has 0 aliphatic heterocycles. The van der Waals surface area contributed by atoms with Crippen LogP contribution in [0, 0.1) is 13.8 Å². The molecule has 1 heteroatoms. The average molecular weight is 683 g/mol. The van der Waals surface area contributed by atoms with Crippen LogP contribution in [0.4, 0.5) is 0 Å². The standard InChI is InChI=1S/2C21H15.2CH3.Sn/c2*1-13-10-11-18-19(12-13)21-16-8-4-2-6-14(16)20(18)15-7-3-5-9-17(15)21;;;/h2*2-12,20H,1H3;2*1H3;. The molecule has 216 valence electrons. The first-order valence-corrected chi connectivity index (χ1v) is 25.1. The molecule has 0 atom stereocenters. The topological polar surface area (TPSA) is 0 Å². The van der Waals surface area contributed by atoms with Crippen LogP contribution in [0.5, 0.6) is 0 Å². The van der Waals surface area contributed by atoms with Crippen LogP contribution in [0.1, 0.15) is 89.7 Å². The van der Waals surface area contributed by atoms with Crippen molar-refractivity contribution in [3.63, 3.8) is 0 Å². The molecule has 0 saturated carbocycles. The molecular formula is C44H36Sn. The maximum absolute atomic E-state index is 3.87. The Morgan fingerprint density at radius 2 is 0.667 bits per heavy atom. The van der Waals surface area contributed by atoms with Gasteiger partial charge in [-0.2, -0.15) is 0 Å². The van der Waals surface area contributed by atoms with E-state index in [0.29, 0.717) is 0 Å². The molecule has 0 saturated heterocycles. The minimum atomic E-state index is -3.87. The Kier molecular flexibility index (Phi) is 5.08. The van der Waals surface area contributed by atoms with E-state index in [1.165, 1.54) is 44.5 Å². The summed E-state index contributed by atoms with van der Waals surface area (Å²) >= 11 is -3.87. The van der Waals surface area contributed by atoms with Gasteiger partial charge in [0.05, 0.1) is 0 Å². The molecule has 0 spiro atoms. The van der Waals surface area contributed by atoms with E-state index in [1.807, 2.05) is 0 Å².